The van der Waals surface area contributed by atoms with Gasteiger partial charge >= 0.3 is 0 Å². The molecule has 5 nitrogen and oxygen atoms in total. The van der Waals surface area contributed by atoms with Gasteiger partial charge in [0.1, 0.15) is 12.1 Å². The highest BCUT2D eigenvalue weighted by molar-refractivity contribution is 7.91. The maximum atomic E-state index is 10.9. The molecule has 0 aromatic heterocycles. The first-order chi connectivity index (χ1) is 5.05. The van der Waals surface area contributed by atoms with Gasteiger partial charge in [-0.3, -0.25) is 4.90 Å². The van der Waals surface area contributed by atoms with Crippen LogP contribution in [0, 0.1) is 0 Å². The van der Waals surface area contributed by atoms with E-state index in [0.29, 0.717) is 6.54 Å². The lowest BCUT2D eigenvalue weighted by Crippen LogP contribution is -2.38. The van der Waals surface area contributed by atoms with Crippen LogP contribution in [0.2, 0.25) is 0 Å². The minimum atomic E-state index is -2.94. The summed E-state index contributed by atoms with van der Waals surface area (Å²) in [5.41, 5.74) is 5.15. The zero-order chi connectivity index (χ0) is 8.48. The maximum absolute atomic E-state index is 10.9. The summed E-state index contributed by atoms with van der Waals surface area (Å²) < 4.78 is 21.7. The van der Waals surface area contributed by atoms with Crippen LogP contribution in [-0.4, -0.2) is 49.4 Å². The van der Waals surface area contributed by atoms with Gasteiger partial charge in [-0.2, -0.15) is 0 Å². The van der Waals surface area contributed by atoms with E-state index in [-0.39, 0.29) is 30.6 Å². The molecule has 1 fully saturated rings. The van der Waals surface area contributed by atoms with E-state index >= 15 is 0 Å². The van der Waals surface area contributed by atoms with E-state index < -0.39 is 16.1 Å². The summed E-state index contributed by atoms with van der Waals surface area (Å²) >= 11 is 0. The molecular weight excluding hydrogens is 204 g/mol. The monoisotopic (exact) mass is 216 g/mol. The van der Waals surface area contributed by atoms with Crippen LogP contribution in [0.1, 0.15) is 0 Å². The Balaban J connectivity index is 0.00000121. The predicted molar refractivity (Wildman–Crippen MR) is 47.7 cm³/mol. The van der Waals surface area contributed by atoms with Crippen LogP contribution in [0.15, 0.2) is 0 Å². The Hall–Kier alpha value is 0.120. The molecule has 0 amide bonds. The average molecular weight is 217 g/mol. The van der Waals surface area contributed by atoms with Gasteiger partial charge in [-0.15, -0.1) is 12.4 Å². The Morgan fingerprint density at radius 3 is 2.50 bits per heavy atom. The van der Waals surface area contributed by atoms with Crippen molar-refractivity contribution in [3.8, 4) is 0 Å². The van der Waals surface area contributed by atoms with Crippen LogP contribution in [0.5, 0.6) is 0 Å². The SMILES string of the molecule is Cl.NCC(O)N1CCS(=O)(=O)C1. The number of nitrogens with zero attached hydrogens (tertiary/aromatic N) is 1. The van der Waals surface area contributed by atoms with Crippen molar-refractivity contribution >= 4 is 22.2 Å². The van der Waals surface area contributed by atoms with Crippen LogP contribution < -0.4 is 5.73 Å². The predicted octanol–water partition coefficient (Wildman–Crippen LogP) is -1.63. The Bertz CT molecular complexity index is 231. The molecular formula is C5H13ClN2O3S. The maximum Gasteiger partial charge on any atom is 0.164 e. The zero-order valence-corrected chi connectivity index (χ0v) is 8.14. The van der Waals surface area contributed by atoms with Crippen molar-refractivity contribution in [2.75, 3.05) is 24.7 Å². The molecule has 0 aromatic carbocycles. The number of aliphatic hydroxyl groups excluding tert-OH is 1. The fraction of sp³-hybridized carbons (Fsp3) is 1.00. The molecule has 1 rings (SSSR count). The summed E-state index contributed by atoms with van der Waals surface area (Å²) in [7, 11) is -2.94. The third kappa shape index (κ3) is 2.87. The smallest absolute Gasteiger partial charge is 0.164 e. The van der Waals surface area contributed by atoms with Crippen LogP contribution >= 0.6 is 12.4 Å². The van der Waals surface area contributed by atoms with Crippen molar-refractivity contribution in [2.45, 2.75) is 6.23 Å². The second kappa shape index (κ2) is 4.38. The van der Waals surface area contributed by atoms with E-state index in [4.69, 9.17) is 10.8 Å². The van der Waals surface area contributed by atoms with E-state index in [2.05, 4.69) is 0 Å². The number of halogens is 1. The lowest BCUT2D eigenvalue weighted by atomic mass is 10.5. The van der Waals surface area contributed by atoms with Crippen molar-refractivity contribution in [1.82, 2.24) is 4.90 Å². The fourth-order valence-corrected chi connectivity index (χ4v) is 2.47. The summed E-state index contributed by atoms with van der Waals surface area (Å²) in [5.74, 6) is 0.0649. The number of hydrogen-bond acceptors (Lipinski definition) is 5. The summed E-state index contributed by atoms with van der Waals surface area (Å²) in [6.45, 7) is 0.468. The van der Waals surface area contributed by atoms with Crippen LogP contribution in [0.3, 0.4) is 0 Å². The summed E-state index contributed by atoms with van der Waals surface area (Å²) in [6, 6.07) is 0. The lowest BCUT2D eigenvalue weighted by molar-refractivity contribution is 0.0334. The Morgan fingerprint density at radius 2 is 2.17 bits per heavy atom. The standard InChI is InChI=1S/C5H12N2O3S.ClH/c6-3-5(8)7-1-2-11(9,10)4-7;/h5,8H,1-4,6H2;1H. The first-order valence-corrected chi connectivity index (χ1v) is 5.20. The van der Waals surface area contributed by atoms with Crippen molar-refractivity contribution in [3.63, 3.8) is 0 Å². The van der Waals surface area contributed by atoms with Gasteiger partial charge in [0.05, 0.1) is 5.75 Å². The van der Waals surface area contributed by atoms with Crippen molar-refractivity contribution in [1.29, 1.82) is 0 Å². The molecule has 74 valence electrons. The number of aliphatic hydroxyl groups is 1. The lowest BCUT2D eigenvalue weighted by Gasteiger charge is -2.18. The molecule has 0 aromatic rings. The minimum Gasteiger partial charge on any atom is -0.377 e. The molecule has 12 heavy (non-hydrogen) atoms. The Kier molecular flexibility index (Phi) is 4.43. The molecule has 7 heteroatoms. The first-order valence-electron chi connectivity index (χ1n) is 3.38. The number of rotatable bonds is 2. The van der Waals surface area contributed by atoms with Crippen molar-refractivity contribution < 1.29 is 13.5 Å². The van der Waals surface area contributed by atoms with Crippen LogP contribution in [0.25, 0.3) is 0 Å². The molecule has 0 aliphatic carbocycles. The second-order valence-corrected chi connectivity index (χ2v) is 4.76. The summed E-state index contributed by atoms with van der Waals surface area (Å²) in [4.78, 5) is 1.45. The molecule has 1 saturated heterocycles. The van der Waals surface area contributed by atoms with Gasteiger partial charge < -0.3 is 10.8 Å². The fourth-order valence-electron chi connectivity index (χ4n) is 1.02. The third-order valence-corrected chi connectivity index (χ3v) is 3.21. The number of sulfone groups is 1. The minimum absolute atomic E-state index is 0. The first kappa shape index (κ1) is 12.1. The quantitative estimate of drug-likeness (QED) is 0.579. The van der Waals surface area contributed by atoms with Gasteiger partial charge in [-0.1, -0.05) is 0 Å². The Morgan fingerprint density at radius 1 is 1.58 bits per heavy atom. The number of nitrogens with two attached hydrogens (primary N) is 1. The van der Waals surface area contributed by atoms with Gasteiger partial charge in [0.2, 0.25) is 0 Å². The molecule has 1 aliphatic heterocycles. The van der Waals surface area contributed by atoms with Crippen LogP contribution in [-0.2, 0) is 9.84 Å². The van der Waals surface area contributed by atoms with Crippen molar-refractivity contribution in [2.24, 2.45) is 5.73 Å². The normalized spacial score (nSPS) is 24.8. The van der Waals surface area contributed by atoms with E-state index in [0.717, 1.165) is 0 Å². The molecule has 1 heterocycles. The van der Waals surface area contributed by atoms with E-state index in [1.807, 2.05) is 0 Å². The molecule has 0 bridgehead atoms. The highest BCUT2D eigenvalue weighted by Crippen LogP contribution is 2.08. The number of hydrogen-bond donors (Lipinski definition) is 2. The molecule has 1 unspecified atom stereocenters. The van der Waals surface area contributed by atoms with Crippen molar-refractivity contribution in [3.05, 3.63) is 0 Å². The van der Waals surface area contributed by atoms with E-state index in [1.54, 1.807) is 0 Å². The van der Waals surface area contributed by atoms with E-state index in [1.165, 1.54) is 4.90 Å². The molecule has 3 N–H and O–H groups in total. The second-order valence-electron chi connectivity index (χ2n) is 2.61. The van der Waals surface area contributed by atoms with Gasteiger partial charge in [0.15, 0.2) is 9.84 Å². The molecule has 1 atom stereocenters. The highest BCUT2D eigenvalue weighted by atomic mass is 35.5. The average Bonchev–Trinajstić information content (AvgIpc) is 2.29. The topological polar surface area (TPSA) is 83.6 Å². The molecule has 0 radical (unpaired) electrons. The molecule has 1 aliphatic rings. The highest BCUT2D eigenvalue weighted by Gasteiger charge is 2.28. The molecule has 0 saturated carbocycles. The zero-order valence-electron chi connectivity index (χ0n) is 6.51. The van der Waals surface area contributed by atoms with Gasteiger partial charge in [-0.05, 0) is 0 Å². The third-order valence-electron chi connectivity index (χ3n) is 1.68. The largest absolute Gasteiger partial charge is 0.377 e. The summed E-state index contributed by atoms with van der Waals surface area (Å²) in [5, 5.41) is 9.13. The summed E-state index contributed by atoms with van der Waals surface area (Å²) in [6.07, 6.45) is -0.813. The molecule has 0 spiro atoms. The van der Waals surface area contributed by atoms with Gasteiger partial charge in [0.25, 0.3) is 0 Å². The van der Waals surface area contributed by atoms with Crippen LogP contribution in [0.4, 0.5) is 0 Å². The van der Waals surface area contributed by atoms with E-state index in [9.17, 15) is 8.42 Å². The van der Waals surface area contributed by atoms with Gasteiger partial charge in [0, 0.05) is 13.1 Å². The Labute approximate surface area is 77.9 Å². The van der Waals surface area contributed by atoms with Gasteiger partial charge in [-0.25, -0.2) is 8.42 Å².